The number of hydrogen-bond acceptors (Lipinski definition) is 5. The van der Waals surface area contributed by atoms with Gasteiger partial charge < -0.3 is 25.8 Å². The summed E-state index contributed by atoms with van der Waals surface area (Å²) >= 11 is 0. The van der Waals surface area contributed by atoms with Crippen molar-refractivity contribution in [2.75, 3.05) is 33.1 Å². The number of nitrogens with two attached hydrogens (primary N) is 1. The van der Waals surface area contributed by atoms with E-state index in [1.165, 1.54) is 13.2 Å². The third kappa shape index (κ3) is 4.96. The summed E-state index contributed by atoms with van der Waals surface area (Å²) in [5.41, 5.74) is 6.50. The second kappa shape index (κ2) is 8.11. The van der Waals surface area contributed by atoms with Crippen LogP contribution in [-0.4, -0.2) is 45.2 Å². The highest BCUT2D eigenvalue weighted by molar-refractivity contribution is 5.98. The molecular formula is C14H21N3O4. The normalized spacial score (nSPS) is 11.6. The molecule has 0 saturated carbocycles. The number of anilines is 1. The zero-order chi connectivity index (χ0) is 15.8. The molecule has 7 heteroatoms. The molecule has 0 saturated heterocycles. The number of ether oxygens (including phenoxy) is 2. The van der Waals surface area contributed by atoms with Gasteiger partial charge in [0, 0.05) is 19.2 Å². The average Bonchev–Trinajstić information content (AvgIpc) is 2.47. The Bertz CT molecular complexity index is 505. The van der Waals surface area contributed by atoms with Gasteiger partial charge in [-0.05, 0) is 25.1 Å². The Morgan fingerprint density at radius 3 is 2.67 bits per heavy atom. The third-order valence-corrected chi connectivity index (χ3v) is 2.84. The molecular weight excluding hydrogens is 274 g/mol. The highest BCUT2D eigenvalue weighted by Crippen LogP contribution is 2.22. The fourth-order valence-electron chi connectivity index (χ4n) is 1.63. The standard InChI is InChI=1S/C14H21N3O4/c1-9(13(18)16-6-7-20-2)17-14(19)10-4-5-11(15)12(8-10)21-3/h4-5,8-9H,6-7,15H2,1-3H3,(H,16,18)(H,17,19). The minimum Gasteiger partial charge on any atom is -0.495 e. The van der Waals surface area contributed by atoms with Gasteiger partial charge in [-0.1, -0.05) is 0 Å². The maximum Gasteiger partial charge on any atom is 0.252 e. The Morgan fingerprint density at radius 1 is 1.33 bits per heavy atom. The van der Waals surface area contributed by atoms with Crippen LogP contribution in [0, 0.1) is 0 Å². The smallest absolute Gasteiger partial charge is 0.252 e. The lowest BCUT2D eigenvalue weighted by atomic mass is 10.1. The summed E-state index contributed by atoms with van der Waals surface area (Å²) in [4.78, 5) is 23.8. The Kier molecular flexibility index (Phi) is 6.48. The lowest BCUT2D eigenvalue weighted by Gasteiger charge is -2.14. The fraction of sp³-hybridized carbons (Fsp3) is 0.429. The highest BCUT2D eigenvalue weighted by atomic mass is 16.5. The van der Waals surface area contributed by atoms with Crippen molar-refractivity contribution in [3.05, 3.63) is 23.8 Å². The first-order chi connectivity index (χ1) is 9.99. The van der Waals surface area contributed by atoms with Crippen molar-refractivity contribution in [3.63, 3.8) is 0 Å². The van der Waals surface area contributed by atoms with Crippen LogP contribution in [0.1, 0.15) is 17.3 Å². The van der Waals surface area contributed by atoms with Crippen LogP contribution in [0.5, 0.6) is 5.75 Å². The second-order valence-electron chi connectivity index (χ2n) is 4.44. The molecule has 116 valence electrons. The van der Waals surface area contributed by atoms with Crippen molar-refractivity contribution in [1.29, 1.82) is 0 Å². The highest BCUT2D eigenvalue weighted by Gasteiger charge is 2.17. The summed E-state index contributed by atoms with van der Waals surface area (Å²) in [6.07, 6.45) is 0. The molecule has 7 nitrogen and oxygen atoms in total. The van der Waals surface area contributed by atoms with Crippen molar-refractivity contribution in [2.24, 2.45) is 0 Å². The van der Waals surface area contributed by atoms with Gasteiger partial charge in [-0.2, -0.15) is 0 Å². The van der Waals surface area contributed by atoms with E-state index in [-0.39, 0.29) is 11.8 Å². The predicted molar refractivity (Wildman–Crippen MR) is 79.2 cm³/mol. The minimum absolute atomic E-state index is 0.275. The Balaban J connectivity index is 2.61. The molecule has 0 aliphatic rings. The molecule has 1 atom stereocenters. The Hall–Kier alpha value is -2.28. The summed E-state index contributed by atoms with van der Waals surface area (Å²) in [5, 5.41) is 5.25. The first-order valence-electron chi connectivity index (χ1n) is 6.50. The van der Waals surface area contributed by atoms with Gasteiger partial charge in [0.2, 0.25) is 5.91 Å². The monoisotopic (exact) mass is 295 g/mol. The van der Waals surface area contributed by atoms with Crippen molar-refractivity contribution >= 4 is 17.5 Å². The van der Waals surface area contributed by atoms with Crippen LogP contribution < -0.4 is 21.1 Å². The number of nitrogen functional groups attached to an aromatic ring is 1. The summed E-state index contributed by atoms with van der Waals surface area (Å²) in [6.45, 7) is 2.42. The molecule has 0 aromatic heterocycles. The second-order valence-corrected chi connectivity index (χ2v) is 4.44. The number of nitrogens with one attached hydrogen (secondary N) is 2. The number of carbonyl (C=O) groups excluding carboxylic acids is 2. The van der Waals surface area contributed by atoms with E-state index in [4.69, 9.17) is 15.2 Å². The van der Waals surface area contributed by atoms with Crippen LogP contribution in [0.25, 0.3) is 0 Å². The molecule has 0 aliphatic carbocycles. The van der Waals surface area contributed by atoms with E-state index >= 15 is 0 Å². The molecule has 0 radical (unpaired) electrons. The molecule has 0 heterocycles. The molecule has 0 bridgehead atoms. The van der Waals surface area contributed by atoms with E-state index in [1.54, 1.807) is 26.2 Å². The minimum atomic E-state index is -0.655. The number of hydrogen-bond donors (Lipinski definition) is 3. The Labute approximate surface area is 123 Å². The van der Waals surface area contributed by atoms with Crippen LogP contribution in [0.3, 0.4) is 0 Å². The van der Waals surface area contributed by atoms with Crippen LogP contribution in [0.4, 0.5) is 5.69 Å². The molecule has 0 fully saturated rings. The van der Waals surface area contributed by atoms with Gasteiger partial charge in [0.05, 0.1) is 19.4 Å². The summed E-state index contributed by atoms with van der Waals surface area (Å²) in [5.74, 6) is -0.231. The first kappa shape index (κ1) is 16.8. The van der Waals surface area contributed by atoms with Gasteiger partial charge in [-0.3, -0.25) is 9.59 Å². The van der Waals surface area contributed by atoms with Crippen molar-refractivity contribution in [2.45, 2.75) is 13.0 Å². The van der Waals surface area contributed by atoms with Crippen molar-refractivity contribution < 1.29 is 19.1 Å². The van der Waals surface area contributed by atoms with E-state index in [1.807, 2.05) is 0 Å². The van der Waals surface area contributed by atoms with Crippen LogP contribution >= 0.6 is 0 Å². The SMILES string of the molecule is COCCNC(=O)C(C)NC(=O)c1ccc(N)c(OC)c1. The van der Waals surface area contributed by atoms with Gasteiger partial charge in [-0.25, -0.2) is 0 Å². The molecule has 21 heavy (non-hydrogen) atoms. The zero-order valence-corrected chi connectivity index (χ0v) is 12.4. The molecule has 2 amide bonds. The third-order valence-electron chi connectivity index (χ3n) is 2.84. The van der Waals surface area contributed by atoms with Crippen LogP contribution in [0.2, 0.25) is 0 Å². The van der Waals surface area contributed by atoms with Gasteiger partial charge >= 0.3 is 0 Å². The molecule has 0 spiro atoms. The number of rotatable bonds is 7. The summed E-state index contributed by atoms with van der Waals surface area (Å²) in [6, 6.07) is 4.03. The van der Waals surface area contributed by atoms with Crippen LogP contribution in [0.15, 0.2) is 18.2 Å². The maximum atomic E-state index is 12.1. The van der Waals surface area contributed by atoms with Gasteiger partial charge in [0.25, 0.3) is 5.91 Å². The van der Waals surface area contributed by atoms with E-state index in [0.717, 1.165) is 0 Å². The van der Waals surface area contributed by atoms with Gasteiger partial charge in [0.1, 0.15) is 11.8 Å². The fourth-order valence-corrected chi connectivity index (χ4v) is 1.63. The predicted octanol–water partition coefficient (Wildman–Crippen LogP) is 0.158. The first-order valence-corrected chi connectivity index (χ1v) is 6.50. The number of carbonyl (C=O) groups is 2. The summed E-state index contributed by atoms with van der Waals surface area (Å²) < 4.78 is 9.89. The molecule has 1 rings (SSSR count). The molecule has 1 aromatic rings. The van der Waals surface area contributed by atoms with E-state index < -0.39 is 6.04 Å². The van der Waals surface area contributed by atoms with E-state index in [9.17, 15) is 9.59 Å². The Morgan fingerprint density at radius 2 is 2.05 bits per heavy atom. The topological polar surface area (TPSA) is 103 Å². The van der Waals surface area contributed by atoms with Crippen molar-refractivity contribution in [3.8, 4) is 5.75 Å². The summed E-state index contributed by atoms with van der Waals surface area (Å²) in [7, 11) is 3.02. The lowest BCUT2D eigenvalue weighted by Crippen LogP contribution is -2.45. The van der Waals surface area contributed by atoms with Gasteiger partial charge in [-0.15, -0.1) is 0 Å². The molecule has 4 N–H and O–H groups in total. The van der Waals surface area contributed by atoms with Crippen LogP contribution in [-0.2, 0) is 9.53 Å². The molecule has 1 aromatic carbocycles. The van der Waals surface area contributed by atoms with Gasteiger partial charge in [0.15, 0.2) is 0 Å². The zero-order valence-electron chi connectivity index (χ0n) is 12.4. The largest absolute Gasteiger partial charge is 0.495 e. The lowest BCUT2D eigenvalue weighted by molar-refractivity contribution is -0.122. The molecule has 1 unspecified atom stereocenters. The number of amides is 2. The number of benzene rings is 1. The van der Waals surface area contributed by atoms with E-state index in [0.29, 0.717) is 30.2 Å². The van der Waals surface area contributed by atoms with E-state index in [2.05, 4.69) is 10.6 Å². The number of methoxy groups -OCH3 is 2. The van der Waals surface area contributed by atoms with Crippen molar-refractivity contribution in [1.82, 2.24) is 10.6 Å². The molecule has 0 aliphatic heterocycles. The average molecular weight is 295 g/mol. The quantitative estimate of drug-likeness (QED) is 0.491. The maximum absolute atomic E-state index is 12.1.